The highest BCUT2D eigenvalue weighted by molar-refractivity contribution is 4.97. The minimum absolute atomic E-state index is 0.804. The number of nitrogens with one attached hydrogen (secondary N) is 1. The van der Waals surface area contributed by atoms with Crippen molar-refractivity contribution in [3.8, 4) is 0 Å². The van der Waals surface area contributed by atoms with E-state index in [1.165, 1.54) is 77.5 Å². The monoisotopic (exact) mass is 263 g/mol. The predicted molar refractivity (Wildman–Crippen MR) is 78.4 cm³/mol. The Labute approximate surface area is 117 Å². The summed E-state index contributed by atoms with van der Waals surface area (Å²) in [6.07, 6.45) is 11.4. The van der Waals surface area contributed by atoms with E-state index in [-0.39, 0.29) is 0 Å². The van der Waals surface area contributed by atoms with E-state index in [1.54, 1.807) is 0 Å². The molecule has 0 aromatic rings. The Hall–Kier alpha value is -0.120. The van der Waals surface area contributed by atoms with Crippen molar-refractivity contribution in [1.82, 2.24) is 15.1 Å². The Bertz CT molecular complexity index is 319. The molecule has 4 fully saturated rings. The van der Waals surface area contributed by atoms with Gasteiger partial charge in [-0.3, -0.25) is 4.90 Å². The number of hydrogen-bond acceptors (Lipinski definition) is 3. The lowest BCUT2D eigenvalue weighted by atomic mass is 9.94. The van der Waals surface area contributed by atoms with Crippen LogP contribution in [0.15, 0.2) is 0 Å². The van der Waals surface area contributed by atoms with Crippen LogP contribution in [0.2, 0.25) is 0 Å². The van der Waals surface area contributed by atoms with Crippen molar-refractivity contribution in [1.29, 1.82) is 0 Å². The zero-order chi connectivity index (χ0) is 12.7. The van der Waals surface area contributed by atoms with Gasteiger partial charge in [-0.25, -0.2) is 0 Å². The maximum atomic E-state index is 4.06. The summed E-state index contributed by atoms with van der Waals surface area (Å²) in [5.41, 5.74) is 0. The molecule has 4 atom stereocenters. The predicted octanol–water partition coefficient (Wildman–Crippen LogP) is 1.83. The summed E-state index contributed by atoms with van der Waals surface area (Å²) in [6, 6.07) is 3.40. The van der Waals surface area contributed by atoms with E-state index in [0.717, 1.165) is 24.2 Å². The minimum atomic E-state index is 0.804. The topological polar surface area (TPSA) is 18.5 Å². The highest BCUT2D eigenvalue weighted by atomic mass is 15.2. The lowest BCUT2D eigenvalue weighted by Crippen LogP contribution is -2.52. The molecule has 0 saturated carbocycles. The largest absolute Gasteiger partial charge is 0.310 e. The normalized spacial score (nSPS) is 44.2. The third-order valence-electron chi connectivity index (χ3n) is 6.13. The molecule has 0 aromatic carbocycles. The van der Waals surface area contributed by atoms with Gasteiger partial charge in [0.2, 0.25) is 0 Å². The summed E-state index contributed by atoms with van der Waals surface area (Å²) in [5, 5.41) is 4.06. The summed E-state index contributed by atoms with van der Waals surface area (Å²) in [5.74, 6) is 0. The van der Waals surface area contributed by atoms with Crippen LogP contribution in [0.25, 0.3) is 0 Å². The fourth-order valence-corrected chi connectivity index (χ4v) is 5.12. The zero-order valence-electron chi connectivity index (χ0n) is 12.2. The number of rotatable bonds is 2. The zero-order valence-corrected chi connectivity index (χ0v) is 12.2. The van der Waals surface area contributed by atoms with Crippen molar-refractivity contribution in [2.75, 3.05) is 26.2 Å². The Morgan fingerprint density at radius 3 is 2.63 bits per heavy atom. The first-order valence-corrected chi connectivity index (χ1v) is 8.64. The van der Waals surface area contributed by atoms with E-state index in [2.05, 4.69) is 15.1 Å². The first kappa shape index (κ1) is 12.6. The molecule has 0 aliphatic carbocycles. The Morgan fingerprint density at radius 2 is 1.63 bits per heavy atom. The third-order valence-corrected chi connectivity index (χ3v) is 6.13. The fraction of sp³-hybridized carbons (Fsp3) is 1.00. The third kappa shape index (κ3) is 2.45. The molecule has 0 amide bonds. The molecule has 1 N–H and O–H groups in total. The molecule has 3 heteroatoms. The second-order valence-electron chi connectivity index (χ2n) is 7.21. The van der Waals surface area contributed by atoms with E-state index in [4.69, 9.17) is 0 Å². The second-order valence-corrected chi connectivity index (χ2v) is 7.21. The van der Waals surface area contributed by atoms with Crippen molar-refractivity contribution < 1.29 is 0 Å². The Morgan fingerprint density at radius 1 is 0.737 bits per heavy atom. The molecule has 19 heavy (non-hydrogen) atoms. The molecule has 4 rings (SSSR count). The van der Waals surface area contributed by atoms with Crippen molar-refractivity contribution >= 4 is 0 Å². The molecule has 4 heterocycles. The number of hydrogen-bond donors (Lipinski definition) is 1. The lowest BCUT2D eigenvalue weighted by molar-refractivity contribution is 0.141. The summed E-state index contributed by atoms with van der Waals surface area (Å²) < 4.78 is 0. The van der Waals surface area contributed by atoms with Crippen molar-refractivity contribution in [3.05, 3.63) is 0 Å². The van der Waals surface area contributed by atoms with Crippen LogP contribution in [-0.2, 0) is 0 Å². The van der Waals surface area contributed by atoms with Gasteiger partial charge in [0, 0.05) is 30.7 Å². The summed E-state index contributed by atoms with van der Waals surface area (Å²) in [4.78, 5) is 5.49. The van der Waals surface area contributed by atoms with E-state index in [9.17, 15) is 0 Å². The minimum Gasteiger partial charge on any atom is -0.310 e. The Balaban J connectivity index is 1.34. The molecule has 0 aromatic heterocycles. The number of nitrogens with zero attached hydrogens (tertiary/aromatic N) is 2. The van der Waals surface area contributed by atoms with Gasteiger partial charge in [0.15, 0.2) is 0 Å². The molecular formula is C16H29N3. The van der Waals surface area contributed by atoms with Gasteiger partial charge in [0.05, 0.1) is 0 Å². The molecule has 0 bridgehead atoms. The van der Waals surface area contributed by atoms with Crippen LogP contribution in [0.4, 0.5) is 0 Å². The van der Waals surface area contributed by atoms with Gasteiger partial charge < -0.3 is 10.2 Å². The number of fused-ring (bicyclic) bond motifs is 2. The van der Waals surface area contributed by atoms with Gasteiger partial charge in [-0.05, 0) is 64.6 Å². The van der Waals surface area contributed by atoms with Gasteiger partial charge in [-0.1, -0.05) is 6.42 Å². The Kier molecular flexibility index (Phi) is 3.55. The summed E-state index contributed by atoms with van der Waals surface area (Å²) in [6.45, 7) is 5.44. The van der Waals surface area contributed by atoms with Crippen molar-refractivity contribution in [2.24, 2.45) is 0 Å². The molecular weight excluding hydrogens is 234 g/mol. The van der Waals surface area contributed by atoms with Crippen molar-refractivity contribution in [3.63, 3.8) is 0 Å². The van der Waals surface area contributed by atoms with Crippen LogP contribution in [0.3, 0.4) is 0 Å². The van der Waals surface area contributed by atoms with Gasteiger partial charge in [-0.2, -0.15) is 0 Å². The molecule has 4 aliphatic rings. The van der Waals surface area contributed by atoms with Crippen LogP contribution in [0.1, 0.15) is 51.4 Å². The highest BCUT2D eigenvalue weighted by Gasteiger charge is 2.38. The maximum absolute atomic E-state index is 4.06. The highest BCUT2D eigenvalue weighted by Crippen LogP contribution is 2.30. The van der Waals surface area contributed by atoms with Crippen LogP contribution in [0.5, 0.6) is 0 Å². The van der Waals surface area contributed by atoms with Gasteiger partial charge in [0.1, 0.15) is 0 Å². The molecule has 4 unspecified atom stereocenters. The first-order chi connectivity index (χ1) is 9.40. The molecule has 108 valence electrons. The molecule has 0 spiro atoms. The smallest absolute Gasteiger partial charge is 0.0249 e. The number of piperidine rings is 2. The van der Waals surface area contributed by atoms with E-state index < -0.39 is 0 Å². The fourth-order valence-electron chi connectivity index (χ4n) is 5.12. The molecule has 0 radical (unpaired) electrons. The summed E-state index contributed by atoms with van der Waals surface area (Å²) in [7, 11) is 0. The SMILES string of the molecule is C1CCN2CCC(NC3CCN4CCCC4C3)C2C1. The molecule has 3 nitrogen and oxygen atoms in total. The van der Waals surface area contributed by atoms with Crippen LogP contribution in [-0.4, -0.2) is 60.1 Å². The second kappa shape index (κ2) is 5.34. The molecule has 4 saturated heterocycles. The lowest BCUT2D eigenvalue weighted by Gasteiger charge is -2.39. The summed E-state index contributed by atoms with van der Waals surface area (Å²) >= 11 is 0. The van der Waals surface area contributed by atoms with Gasteiger partial charge in [0.25, 0.3) is 0 Å². The average molecular weight is 263 g/mol. The first-order valence-electron chi connectivity index (χ1n) is 8.64. The van der Waals surface area contributed by atoms with Crippen LogP contribution < -0.4 is 5.32 Å². The standard InChI is InChI=1S/C16H29N3/c1-2-8-19-11-7-15(16(19)5-1)17-13-6-10-18-9-3-4-14(18)12-13/h13-17H,1-12H2. The molecule has 4 aliphatic heterocycles. The van der Waals surface area contributed by atoms with E-state index >= 15 is 0 Å². The average Bonchev–Trinajstić information content (AvgIpc) is 3.06. The van der Waals surface area contributed by atoms with E-state index in [1.807, 2.05) is 0 Å². The van der Waals surface area contributed by atoms with Crippen LogP contribution in [0, 0.1) is 0 Å². The maximum Gasteiger partial charge on any atom is 0.0249 e. The van der Waals surface area contributed by atoms with Crippen molar-refractivity contribution in [2.45, 2.75) is 75.5 Å². The van der Waals surface area contributed by atoms with Gasteiger partial charge in [-0.15, -0.1) is 0 Å². The van der Waals surface area contributed by atoms with Crippen LogP contribution >= 0.6 is 0 Å². The van der Waals surface area contributed by atoms with Gasteiger partial charge >= 0.3 is 0 Å². The quantitative estimate of drug-likeness (QED) is 0.820. The van der Waals surface area contributed by atoms with E-state index in [0.29, 0.717) is 0 Å².